The molecule has 2 aromatic rings. The average molecular weight is 184 g/mol. The lowest BCUT2D eigenvalue weighted by Gasteiger charge is -1.91. The number of ketones is 1. The number of rotatable bonds is 0. The molecule has 1 aliphatic carbocycles. The van der Waals surface area contributed by atoms with Crippen molar-refractivity contribution in [1.82, 2.24) is 0 Å². The Labute approximate surface area is 80.1 Å². The molecule has 1 aromatic heterocycles. The van der Waals surface area contributed by atoms with Crippen molar-refractivity contribution in [2.45, 2.75) is 6.42 Å². The van der Waals surface area contributed by atoms with Gasteiger partial charge >= 0.3 is 0 Å². The highest BCUT2D eigenvalue weighted by molar-refractivity contribution is 6.09. The molecular weight excluding hydrogens is 176 g/mol. The largest absolute Gasteiger partial charge is 0.456 e. The number of hydrogen-bond acceptors (Lipinski definition) is 2. The van der Waals surface area contributed by atoms with Gasteiger partial charge in [0.15, 0.2) is 5.78 Å². The van der Waals surface area contributed by atoms with Gasteiger partial charge in [0.25, 0.3) is 0 Å². The monoisotopic (exact) mass is 184 g/mol. The van der Waals surface area contributed by atoms with E-state index >= 15 is 0 Å². The Hall–Kier alpha value is -1.83. The first-order chi connectivity index (χ1) is 6.84. The van der Waals surface area contributed by atoms with E-state index in [9.17, 15) is 4.79 Å². The minimum absolute atomic E-state index is 0.108. The van der Waals surface area contributed by atoms with Crippen LogP contribution in [-0.2, 0) is 4.79 Å². The summed E-state index contributed by atoms with van der Waals surface area (Å²) >= 11 is 0. The SMILES string of the molecule is O=C1C=c2oc3ccccc3c2=CC1. The summed E-state index contributed by atoms with van der Waals surface area (Å²) in [5.74, 6) is 0.108. The summed E-state index contributed by atoms with van der Waals surface area (Å²) in [7, 11) is 0. The number of carbonyl (C=O) groups is 1. The van der Waals surface area contributed by atoms with E-state index in [0.717, 1.165) is 16.2 Å². The number of fused-ring (bicyclic) bond motifs is 3. The molecule has 0 saturated carbocycles. The lowest BCUT2D eigenvalue weighted by atomic mass is 10.1. The predicted octanol–water partition coefficient (Wildman–Crippen LogP) is 0.967. The van der Waals surface area contributed by atoms with E-state index in [2.05, 4.69) is 0 Å². The molecule has 2 nitrogen and oxygen atoms in total. The number of benzene rings is 1. The normalized spacial score (nSPS) is 14.7. The fraction of sp³-hybridized carbons (Fsp3) is 0.0833. The van der Waals surface area contributed by atoms with E-state index in [1.165, 1.54) is 0 Å². The van der Waals surface area contributed by atoms with Gasteiger partial charge in [0.05, 0.1) is 0 Å². The van der Waals surface area contributed by atoms with Crippen LogP contribution in [0.15, 0.2) is 28.7 Å². The van der Waals surface area contributed by atoms with Gasteiger partial charge in [0.2, 0.25) is 0 Å². The Bertz CT molecular complexity index is 632. The van der Waals surface area contributed by atoms with Gasteiger partial charge in [-0.25, -0.2) is 0 Å². The Balaban J connectivity index is 2.58. The fourth-order valence-electron chi connectivity index (χ4n) is 1.81. The predicted molar refractivity (Wildman–Crippen MR) is 54.0 cm³/mol. The standard InChI is InChI=1S/C12H8O2/c13-8-5-6-10-9-3-1-2-4-11(9)14-12(10)7-8/h1-4,6-7H,5H2. The number of furan rings is 1. The second-order valence-corrected chi connectivity index (χ2v) is 3.40. The summed E-state index contributed by atoms with van der Waals surface area (Å²) in [5, 5.41) is 2.14. The Kier molecular flexibility index (Phi) is 1.39. The van der Waals surface area contributed by atoms with Crippen LogP contribution in [0.3, 0.4) is 0 Å². The smallest absolute Gasteiger partial charge is 0.163 e. The molecule has 0 saturated heterocycles. The van der Waals surface area contributed by atoms with E-state index in [4.69, 9.17) is 4.42 Å². The average Bonchev–Trinajstić information content (AvgIpc) is 2.54. The number of carbonyl (C=O) groups excluding carboxylic acids is 1. The second-order valence-electron chi connectivity index (χ2n) is 3.40. The van der Waals surface area contributed by atoms with Gasteiger partial charge in [0.1, 0.15) is 11.0 Å². The minimum Gasteiger partial charge on any atom is -0.456 e. The molecule has 0 unspecified atom stereocenters. The topological polar surface area (TPSA) is 30.2 Å². The van der Waals surface area contributed by atoms with Crippen molar-refractivity contribution in [3.8, 4) is 0 Å². The van der Waals surface area contributed by atoms with Crippen LogP contribution in [0.4, 0.5) is 0 Å². The van der Waals surface area contributed by atoms with Crippen LogP contribution < -0.4 is 10.6 Å². The van der Waals surface area contributed by atoms with Crippen molar-refractivity contribution in [3.05, 3.63) is 34.9 Å². The molecule has 2 heteroatoms. The molecule has 0 N–H and O–H groups in total. The number of para-hydroxylation sites is 1. The molecule has 14 heavy (non-hydrogen) atoms. The lowest BCUT2D eigenvalue weighted by molar-refractivity contribution is -0.112. The van der Waals surface area contributed by atoms with Crippen LogP contribution in [0.25, 0.3) is 23.1 Å². The van der Waals surface area contributed by atoms with Crippen LogP contribution in [0.2, 0.25) is 0 Å². The zero-order valence-corrected chi connectivity index (χ0v) is 7.49. The molecular formula is C12H8O2. The van der Waals surface area contributed by atoms with Crippen molar-refractivity contribution in [2.75, 3.05) is 0 Å². The van der Waals surface area contributed by atoms with Gasteiger partial charge in [-0.2, -0.15) is 0 Å². The van der Waals surface area contributed by atoms with Gasteiger partial charge < -0.3 is 4.42 Å². The van der Waals surface area contributed by atoms with Gasteiger partial charge in [0, 0.05) is 23.1 Å². The highest BCUT2D eigenvalue weighted by Gasteiger charge is 2.07. The van der Waals surface area contributed by atoms with E-state index in [1.807, 2.05) is 30.3 Å². The molecule has 1 aliphatic rings. The molecule has 0 amide bonds. The molecule has 1 aromatic carbocycles. The summed E-state index contributed by atoms with van der Waals surface area (Å²) in [5.41, 5.74) is 1.54. The molecule has 0 spiro atoms. The zero-order chi connectivity index (χ0) is 9.54. The van der Waals surface area contributed by atoms with Crippen molar-refractivity contribution in [2.24, 2.45) is 0 Å². The maximum absolute atomic E-state index is 11.2. The first kappa shape index (κ1) is 7.56. The molecule has 68 valence electrons. The van der Waals surface area contributed by atoms with Crippen LogP contribution in [-0.4, -0.2) is 5.78 Å². The van der Waals surface area contributed by atoms with Gasteiger partial charge in [-0.05, 0) is 6.07 Å². The summed E-state index contributed by atoms with van der Waals surface area (Å²) in [6.45, 7) is 0. The van der Waals surface area contributed by atoms with Gasteiger partial charge in [-0.1, -0.05) is 24.3 Å². The second kappa shape index (κ2) is 2.58. The Morgan fingerprint density at radius 2 is 2.07 bits per heavy atom. The third-order valence-corrected chi connectivity index (χ3v) is 2.46. The highest BCUT2D eigenvalue weighted by Crippen LogP contribution is 2.08. The van der Waals surface area contributed by atoms with Crippen molar-refractivity contribution in [1.29, 1.82) is 0 Å². The third-order valence-electron chi connectivity index (χ3n) is 2.46. The van der Waals surface area contributed by atoms with E-state index in [0.29, 0.717) is 11.8 Å². The molecule has 0 fully saturated rings. The fourth-order valence-corrected chi connectivity index (χ4v) is 1.81. The van der Waals surface area contributed by atoms with Crippen molar-refractivity contribution in [3.63, 3.8) is 0 Å². The van der Waals surface area contributed by atoms with Crippen LogP contribution >= 0.6 is 0 Å². The van der Waals surface area contributed by atoms with Crippen molar-refractivity contribution < 1.29 is 9.21 Å². The van der Waals surface area contributed by atoms with Crippen LogP contribution in [0.1, 0.15) is 6.42 Å². The minimum atomic E-state index is 0.108. The van der Waals surface area contributed by atoms with E-state index in [1.54, 1.807) is 6.08 Å². The molecule has 0 atom stereocenters. The maximum atomic E-state index is 11.2. The molecule has 0 aliphatic heterocycles. The van der Waals surface area contributed by atoms with Crippen LogP contribution in [0.5, 0.6) is 0 Å². The lowest BCUT2D eigenvalue weighted by Crippen LogP contribution is -2.25. The number of Topliss-reactive ketones (excluding diaryl/α,β-unsaturated/α-hetero) is 1. The molecule has 0 bridgehead atoms. The molecule has 3 rings (SSSR count). The summed E-state index contributed by atoms with van der Waals surface area (Å²) in [6, 6.07) is 7.83. The number of hydrogen-bond donors (Lipinski definition) is 0. The molecule has 1 heterocycles. The first-order valence-electron chi connectivity index (χ1n) is 4.57. The van der Waals surface area contributed by atoms with Gasteiger partial charge in [-0.3, -0.25) is 4.79 Å². The maximum Gasteiger partial charge on any atom is 0.163 e. The van der Waals surface area contributed by atoms with Gasteiger partial charge in [-0.15, -0.1) is 0 Å². The van der Waals surface area contributed by atoms with Crippen LogP contribution in [0, 0.1) is 0 Å². The van der Waals surface area contributed by atoms with E-state index < -0.39 is 0 Å². The highest BCUT2D eigenvalue weighted by atomic mass is 16.3. The quantitative estimate of drug-likeness (QED) is 0.610. The summed E-state index contributed by atoms with van der Waals surface area (Å²) in [4.78, 5) is 11.2. The third kappa shape index (κ3) is 0.940. The molecule has 0 radical (unpaired) electrons. The Morgan fingerprint density at radius 3 is 3.00 bits per heavy atom. The Morgan fingerprint density at radius 1 is 1.21 bits per heavy atom. The first-order valence-corrected chi connectivity index (χ1v) is 4.57. The summed E-state index contributed by atoms with van der Waals surface area (Å²) < 4.78 is 5.55. The van der Waals surface area contributed by atoms with Crippen molar-refractivity contribution >= 4 is 28.9 Å². The van der Waals surface area contributed by atoms with E-state index in [-0.39, 0.29) is 5.78 Å². The summed E-state index contributed by atoms with van der Waals surface area (Å²) in [6.07, 6.45) is 4.00. The zero-order valence-electron chi connectivity index (χ0n) is 7.49.